The molecule has 0 saturated heterocycles. The summed E-state index contributed by atoms with van der Waals surface area (Å²) >= 11 is 0. The molecule has 18 heavy (non-hydrogen) atoms. The molecule has 7 heteroatoms. The highest BCUT2D eigenvalue weighted by atomic mass is 19.3. The van der Waals surface area contributed by atoms with E-state index >= 15 is 0 Å². The Morgan fingerprint density at radius 3 is 2.72 bits per heavy atom. The molecule has 1 saturated carbocycles. The van der Waals surface area contributed by atoms with Crippen LogP contribution in [0.4, 0.5) is 19.0 Å². The van der Waals surface area contributed by atoms with Crippen LogP contribution in [0.5, 0.6) is 0 Å². The van der Waals surface area contributed by atoms with Crippen molar-refractivity contribution in [3.8, 4) is 0 Å². The Morgan fingerprint density at radius 2 is 2.11 bits per heavy atom. The summed E-state index contributed by atoms with van der Waals surface area (Å²) in [5.74, 6) is -6.08. The van der Waals surface area contributed by atoms with Gasteiger partial charge in [-0.3, -0.25) is 9.69 Å². The molecule has 1 aliphatic heterocycles. The van der Waals surface area contributed by atoms with E-state index in [1.807, 2.05) is 0 Å². The van der Waals surface area contributed by atoms with E-state index in [0.29, 0.717) is 18.9 Å². The Labute approximate surface area is 101 Å². The maximum absolute atomic E-state index is 13.7. The number of aromatic nitrogens is 1. The molecule has 2 N–H and O–H groups in total. The Morgan fingerprint density at radius 1 is 1.44 bits per heavy atom. The highest BCUT2D eigenvalue weighted by molar-refractivity contribution is 6.05. The standard InChI is InChI=1S/C11H10F3N3O/c12-5-1-8-9(16-4-5)17(7-2-6(15)3-7)10(18)11(8,13)14/h1,4,6-7H,2-3,15H2. The third kappa shape index (κ3) is 1.37. The number of halogens is 3. The molecule has 0 bridgehead atoms. The first-order valence-electron chi connectivity index (χ1n) is 5.54. The Hall–Kier alpha value is -1.63. The van der Waals surface area contributed by atoms with E-state index < -0.39 is 23.2 Å². The number of fused-ring (bicyclic) bond motifs is 1. The van der Waals surface area contributed by atoms with Gasteiger partial charge >= 0.3 is 11.8 Å². The first kappa shape index (κ1) is 11.5. The normalized spacial score (nSPS) is 29.1. The fraction of sp³-hybridized carbons (Fsp3) is 0.455. The number of carbonyl (C=O) groups is 1. The maximum atomic E-state index is 13.7. The van der Waals surface area contributed by atoms with Crippen LogP contribution in [0.15, 0.2) is 12.3 Å². The zero-order valence-corrected chi connectivity index (χ0v) is 9.24. The lowest BCUT2D eigenvalue weighted by molar-refractivity contribution is -0.142. The minimum Gasteiger partial charge on any atom is -0.328 e. The molecule has 0 unspecified atom stereocenters. The highest BCUT2D eigenvalue weighted by Crippen LogP contribution is 2.46. The summed E-state index contributed by atoms with van der Waals surface area (Å²) in [5.41, 5.74) is 4.93. The average molecular weight is 257 g/mol. The smallest absolute Gasteiger partial charge is 0.328 e. The molecule has 0 atom stereocenters. The predicted molar refractivity (Wildman–Crippen MR) is 56.6 cm³/mol. The second-order valence-electron chi connectivity index (χ2n) is 4.66. The number of carbonyl (C=O) groups excluding carboxylic acids is 1. The number of nitrogens with zero attached hydrogens (tertiary/aromatic N) is 2. The van der Waals surface area contributed by atoms with E-state index in [2.05, 4.69) is 4.98 Å². The van der Waals surface area contributed by atoms with Gasteiger partial charge in [-0.15, -0.1) is 0 Å². The number of amides is 1. The van der Waals surface area contributed by atoms with Crippen LogP contribution in [-0.4, -0.2) is 23.0 Å². The van der Waals surface area contributed by atoms with E-state index in [4.69, 9.17) is 5.73 Å². The number of alkyl halides is 2. The molecule has 2 heterocycles. The minimum atomic E-state index is -3.70. The van der Waals surface area contributed by atoms with Crippen LogP contribution in [0, 0.1) is 5.82 Å². The van der Waals surface area contributed by atoms with Gasteiger partial charge in [0, 0.05) is 12.1 Å². The molecule has 2 aliphatic rings. The molecule has 3 rings (SSSR count). The van der Waals surface area contributed by atoms with Gasteiger partial charge < -0.3 is 5.73 Å². The monoisotopic (exact) mass is 257 g/mol. The second-order valence-corrected chi connectivity index (χ2v) is 4.66. The molecular formula is C11H10F3N3O. The second kappa shape index (κ2) is 3.44. The number of nitrogens with two attached hydrogens (primary N) is 1. The lowest BCUT2D eigenvalue weighted by Gasteiger charge is -2.38. The molecule has 1 amide bonds. The zero-order valence-electron chi connectivity index (χ0n) is 9.24. The first-order valence-corrected chi connectivity index (χ1v) is 5.54. The van der Waals surface area contributed by atoms with Crippen molar-refractivity contribution in [2.45, 2.75) is 30.8 Å². The summed E-state index contributed by atoms with van der Waals surface area (Å²) in [6.45, 7) is 0. The third-order valence-electron chi connectivity index (χ3n) is 3.40. The molecule has 96 valence electrons. The SMILES string of the molecule is NC1CC(N2C(=O)C(F)(F)c3cc(F)cnc32)C1. The van der Waals surface area contributed by atoms with E-state index in [1.54, 1.807) is 0 Å². The fourth-order valence-electron chi connectivity index (χ4n) is 2.40. The highest BCUT2D eigenvalue weighted by Gasteiger charge is 2.57. The van der Waals surface area contributed by atoms with Gasteiger partial charge in [0.1, 0.15) is 11.6 Å². The first-order chi connectivity index (χ1) is 8.41. The van der Waals surface area contributed by atoms with Crippen LogP contribution in [0.1, 0.15) is 18.4 Å². The number of hydrogen-bond donors (Lipinski definition) is 1. The molecule has 0 spiro atoms. The van der Waals surface area contributed by atoms with Crippen molar-refractivity contribution >= 4 is 11.7 Å². The van der Waals surface area contributed by atoms with E-state index in [0.717, 1.165) is 11.1 Å². The summed E-state index contributed by atoms with van der Waals surface area (Å²) in [6, 6.07) is 0.220. The number of hydrogen-bond acceptors (Lipinski definition) is 3. The van der Waals surface area contributed by atoms with Crippen LogP contribution in [0.25, 0.3) is 0 Å². The quantitative estimate of drug-likeness (QED) is 0.821. The minimum absolute atomic E-state index is 0.0825. The molecular weight excluding hydrogens is 247 g/mol. The van der Waals surface area contributed by atoms with Crippen molar-refractivity contribution in [3.63, 3.8) is 0 Å². The Balaban J connectivity index is 2.06. The van der Waals surface area contributed by atoms with Gasteiger partial charge in [-0.05, 0) is 18.9 Å². The Bertz CT molecular complexity index is 528. The van der Waals surface area contributed by atoms with Gasteiger partial charge in [0.25, 0.3) is 0 Å². The summed E-state index contributed by atoms with van der Waals surface area (Å²) in [5, 5.41) is 0. The molecule has 1 aromatic heterocycles. The van der Waals surface area contributed by atoms with Crippen molar-refractivity contribution in [1.29, 1.82) is 0 Å². The molecule has 1 fully saturated rings. The van der Waals surface area contributed by atoms with Gasteiger partial charge in [-0.25, -0.2) is 9.37 Å². The molecule has 0 aromatic carbocycles. The lowest BCUT2D eigenvalue weighted by atomic mass is 9.86. The summed E-state index contributed by atoms with van der Waals surface area (Å²) in [4.78, 5) is 16.3. The molecule has 1 aromatic rings. The molecule has 4 nitrogen and oxygen atoms in total. The van der Waals surface area contributed by atoms with Crippen molar-refractivity contribution in [2.75, 3.05) is 4.90 Å². The number of anilines is 1. The van der Waals surface area contributed by atoms with Crippen molar-refractivity contribution in [3.05, 3.63) is 23.6 Å². The largest absolute Gasteiger partial charge is 0.354 e. The molecule has 0 radical (unpaired) electrons. The number of rotatable bonds is 1. The van der Waals surface area contributed by atoms with Gasteiger partial charge in [0.05, 0.1) is 11.8 Å². The third-order valence-corrected chi connectivity index (χ3v) is 3.40. The summed E-state index contributed by atoms with van der Waals surface area (Å²) < 4.78 is 40.5. The maximum Gasteiger partial charge on any atom is 0.354 e. The van der Waals surface area contributed by atoms with Gasteiger partial charge in [0.15, 0.2) is 0 Å². The van der Waals surface area contributed by atoms with E-state index in [1.165, 1.54) is 0 Å². The van der Waals surface area contributed by atoms with Crippen LogP contribution < -0.4 is 10.6 Å². The summed E-state index contributed by atoms with van der Waals surface area (Å²) in [6.07, 6.45) is 1.75. The van der Waals surface area contributed by atoms with Gasteiger partial charge in [-0.2, -0.15) is 8.78 Å². The van der Waals surface area contributed by atoms with Crippen LogP contribution in [-0.2, 0) is 10.7 Å². The van der Waals surface area contributed by atoms with Crippen molar-refractivity contribution in [1.82, 2.24) is 4.98 Å². The van der Waals surface area contributed by atoms with E-state index in [9.17, 15) is 18.0 Å². The lowest BCUT2D eigenvalue weighted by Crippen LogP contribution is -2.53. The van der Waals surface area contributed by atoms with Crippen molar-refractivity contribution in [2.24, 2.45) is 5.73 Å². The van der Waals surface area contributed by atoms with Crippen LogP contribution in [0.2, 0.25) is 0 Å². The fourth-order valence-corrected chi connectivity index (χ4v) is 2.40. The molecule has 1 aliphatic carbocycles. The average Bonchev–Trinajstić information content (AvgIpc) is 2.45. The van der Waals surface area contributed by atoms with E-state index in [-0.39, 0.29) is 17.9 Å². The van der Waals surface area contributed by atoms with Crippen LogP contribution in [0.3, 0.4) is 0 Å². The summed E-state index contributed by atoms with van der Waals surface area (Å²) in [7, 11) is 0. The zero-order chi connectivity index (χ0) is 13.1. The van der Waals surface area contributed by atoms with Crippen molar-refractivity contribution < 1.29 is 18.0 Å². The van der Waals surface area contributed by atoms with Gasteiger partial charge in [0.2, 0.25) is 0 Å². The number of pyridine rings is 1. The topological polar surface area (TPSA) is 59.2 Å². The Kier molecular flexibility index (Phi) is 2.19. The van der Waals surface area contributed by atoms with Gasteiger partial charge in [-0.1, -0.05) is 0 Å². The van der Waals surface area contributed by atoms with Crippen LogP contribution >= 0.6 is 0 Å². The predicted octanol–water partition coefficient (Wildman–Crippen LogP) is 1.15.